The molecule has 0 saturated carbocycles. The van der Waals surface area contributed by atoms with Crippen LogP contribution in [0.15, 0.2) is 23.2 Å². The van der Waals surface area contributed by atoms with Crippen molar-refractivity contribution in [2.75, 3.05) is 38.5 Å². The SMILES string of the molecule is CCNC(=NCCCOc1c(C)cccc1C)N1CCS(=O)(=O)C(C)(C)C1.I. The number of nitrogens with zero attached hydrogens (tertiary/aromatic N) is 2. The molecule has 0 atom stereocenters. The van der Waals surface area contributed by atoms with Crippen molar-refractivity contribution >= 4 is 39.8 Å². The van der Waals surface area contributed by atoms with E-state index in [-0.39, 0.29) is 29.7 Å². The molecular weight excluding hydrogens is 489 g/mol. The molecule has 6 nitrogen and oxygen atoms in total. The Labute approximate surface area is 187 Å². The molecule has 0 amide bonds. The van der Waals surface area contributed by atoms with Crippen molar-refractivity contribution in [3.63, 3.8) is 0 Å². The fourth-order valence-electron chi connectivity index (χ4n) is 3.20. The molecule has 2 rings (SSSR count). The molecule has 0 spiro atoms. The number of benzene rings is 1. The number of nitrogens with one attached hydrogen (secondary N) is 1. The highest BCUT2D eigenvalue weighted by molar-refractivity contribution is 14.0. The molecule has 0 radical (unpaired) electrons. The van der Waals surface area contributed by atoms with Crippen molar-refractivity contribution in [3.05, 3.63) is 29.3 Å². The number of sulfone groups is 1. The van der Waals surface area contributed by atoms with Crippen LogP contribution in [0.25, 0.3) is 0 Å². The van der Waals surface area contributed by atoms with Gasteiger partial charge in [0.25, 0.3) is 0 Å². The number of para-hydroxylation sites is 1. The number of halogens is 1. The molecule has 1 aromatic carbocycles. The first kappa shape index (κ1) is 25.0. The minimum absolute atomic E-state index is 0. The lowest BCUT2D eigenvalue weighted by Crippen LogP contribution is -2.57. The summed E-state index contributed by atoms with van der Waals surface area (Å²) in [6.07, 6.45) is 0.804. The van der Waals surface area contributed by atoms with Crippen LogP contribution in [-0.4, -0.2) is 62.6 Å². The maximum absolute atomic E-state index is 12.2. The smallest absolute Gasteiger partial charge is 0.193 e. The Morgan fingerprint density at radius 2 is 1.93 bits per heavy atom. The Kier molecular flexibility index (Phi) is 9.52. The highest BCUT2D eigenvalue weighted by Crippen LogP contribution is 2.24. The number of rotatable bonds is 6. The second kappa shape index (κ2) is 10.7. The molecule has 1 saturated heterocycles. The molecule has 0 aliphatic carbocycles. The topological polar surface area (TPSA) is 71.0 Å². The first-order valence-electron chi connectivity index (χ1n) is 9.62. The molecule has 1 N–H and O–H groups in total. The number of hydrogen-bond donors (Lipinski definition) is 1. The second-order valence-corrected chi connectivity index (χ2v) is 10.4. The van der Waals surface area contributed by atoms with Gasteiger partial charge in [-0.2, -0.15) is 0 Å². The van der Waals surface area contributed by atoms with E-state index in [1.165, 1.54) is 0 Å². The standard InChI is InChI=1S/C20H33N3O3S.HI/c1-6-21-19(23-12-14-27(24,25)20(4,5)15-23)22-11-8-13-26-18-16(2)9-7-10-17(18)3;/h7,9-10H,6,8,11-15H2,1-5H3,(H,21,22);1H. The lowest BCUT2D eigenvalue weighted by molar-refractivity contribution is 0.308. The van der Waals surface area contributed by atoms with Gasteiger partial charge in [-0.25, -0.2) is 8.42 Å². The van der Waals surface area contributed by atoms with Crippen LogP contribution in [0.2, 0.25) is 0 Å². The van der Waals surface area contributed by atoms with E-state index >= 15 is 0 Å². The molecule has 1 aromatic rings. The van der Waals surface area contributed by atoms with Crippen molar-refractivity contribution < 1.29 is 13.2 Å². The van der Waals surface area contributed by atoms with Crippen LogP contribution < -0.4 is 10.1 Å². The molecular formula is C20H34IN3O3S. The maximum Gasteiger partial charge on any atom is 0.193 e. The van der Waals surface area contributed by atoms with Crippen LogP contribution in [0.1, 0.15) is 38.3 Å². The van der Waals surface area contributed by atoms with Crippen LogP contribution in [0, 0.1) is 13.8 Å². The molecule has 0 bridgehead atoms. The highest BCUT2D eigenvalue weighted by Gasteiger charge is 2.40. The zero-order valence-corrected chi connectivity index (χ0v) is 20.8. The van der Waals surface area contributed by atoms with Crippen LogP contribution >= 0.6 is 24.0 Å². The van der Waals surface area contributed by atoms with E-state index in [1.54, 1.807) is 13.8 Å². The number of aliphatic imine (C=N–C) groups is 1. The van der Waals surface area contributed by atoms with Gasteiger partial charge >= 0.3 is 0 Å². The number of ether oxygens (including phenoxy) is 1. The summed E-state index contributed by atoms with van der Waals surface area (Å²) in [6.45, 7) is 12.6. The summed E-state index contributed by atoms with van der Waals surface area (Å²) in [5, 5.41) is 3.28. The van der Waals surface area contributed by atoms with Gasteiger partial charge in [-0.3, -0.25) is 4.99 Å². The summed E-state index contributed by atoms with van der Waals surface area (Å²) in [5.74, 6) is 1.91. The molecule has 28 heavy (non-hydrogen) atoms. The van der Waals surface area contributed by atoms with Crippen LogP contribution in [0.4, 0.5) is 0 Å². The Morgan fingerprint density at radius 1 is 1.29 bits per heavy atom. The number of guanidine groups is 1. The van der Waals surface area contributed by atoms with Crippen LogP contribution in [-0.2, 0) is 9.84 Å². The molecule has 0 unspecified atom stereocenters. The summed E-state index contributed by atoms with van der Waals surface area (Å²) in [4.78, 5) is 6.74. The maximum atomic E-state index is 12.2. The number of aryl methyl sites for hydroxylation is 2. The van der Waals surface area contributed by atoms with Crippen molar-refractivity contribution in [1.29, 1.82) is 0 Å². The Hall–Kier alpha value is -1.03. The third-order valence-electron chi connectivity index (χ3n) is 4.90. The molecule has 8 heteroatoms. The van der Waals surface area contributed by atoms with Gasteiger partial charge in [-0.1, -0.05) is 18.2 Å². The van der Waals surface area contributed by atoms with Gasteiger partial charge in [0.2, 0.25) is 0 Å². The summed E-state index contributed by atoms with van der Waals surface area (Å²) < 4.78 is 29.6. The van der Waals surface area contributed by atoms with E-state index in [4.69, 9.17) is 4.74 Å². The predicted molar refractivity (Wildman–Crippen MR) is 127 cm³/mol. The first-order chi connectivity index (χ1) is 12.7. The second-order valence-electron chi connectivity index (χ2n) is 7.66. The van der Waals surface area contributed by atoms with E-state index in [0.29, 0.717) is 26.2 Å². The highest BCUT2D eigenvalue weighted by atomic mass is 127. The zero-order valence-electron chi connectivity index (χ0n) is 17.6. The van der Waals surface area contributed by atoms with Crippen LogP contribution in [0.3, 0.4) is 0 Å². The van der Waals surface area contributed by atoms with Crippen molar-refractivity contribution in [1.82, 2.24) is 10.2 Å². The van der Waals surface area contributed by atoms with Gasteiger partial charge in [0.15, 0.2) is 15.8 Å². The van der Waals surface area contributed by atoms with Gasteiger partial charge < -0.3 is 15.0 Å². The monoisotopic (exact) mass is 523 g/mol. The van der Waals surface area contributed by atoms with E-state index in [1.807, 2.05) is 13.0 Å². The number of hydrogen-bond acceptors (Lipinski definition) is 4. The third-order valence-corrected chi connectivity index (χ3v) is 7.43. The van der Waals surface area contributed by atoms with E-state index in [0.717, 1.165) is 35.8 Å². The average molecular weight is 523 g/mol. The fraction of sp³-hybridized carbons (Fsp3) is 0.650. The van der Waals surface area contributed by atoms with Gasteiger partial charge in [0, 0.05) is 32.6 Å². The van der Waals surface area contributed by atoms with Gasteiger partial charge in [0.1, 0.15) is 5.75 Å². The van der Waals surface area contributed by atoms with E-state index < -0.39 is 14.6 Å². The molecule has 1 aliphatic heterocycles. The summed E-state index contributed by atoms with van der Waals surface area (Å²) in [6, 6.07) is 6.14. The molecule has 0 aromatic heterocycles. The average Bonchev–Trinajstić information content (AvgIpc) is 2.58. The third kappa shape index (κ3) is 6.23. The molecule has 160 valence electrons. The largest absolute Gasteiger partial charge is 0.493 e. The zero-order chi connectivity index (χ0) is 20.1. The normalized spacial score (nSPS) is 18.3. The minimum atomic E-state index is -3.05. The van der Waals surface area contributed by atoms with Crippen molar-refractivity contribution in [2.45, 2.75) is 45.8 Å². The van der Waals surface area contributed by atoms with Gasteiger partial charge in [-0.15, -0.1) is 24.0 Å². The predicted octanol–water partition coefficient (Wildman–Crippen LogP) is 3.16. The Bertz CT molecular complexity index is 759. The minimum Gasteiger partial charge on any atom is -0.493 e. The Morgan fingerprint density at radius 3 is 2.50 bits per heavy atom. The summed E-state index contributed by atoms with van der Waals surface area (Å²) in [5.41, 5.74) is 2.28. The first-order valence-corrected chi connectivity index (χ1v) is 11.3. The van der Waals surface area contributed by atoms with E-state index in [9.17, 15) is 8.42 Å². The summed E-state index contributed by atoms with van der Waals surface area (Å²) >= 11 is 0. The van der Waals surface area contributed by atoms with Crippen molar-refractivity contribution in [2.24, 2.45) is 4.99 Å². The quantitative estimate of drug-likeness (QED) is 0.269. The van der Waals surface area contributed by atoms with Gasteiger partial charge in [-0.05, 0) is 45.7 Å². The lowest BCUT2D eigenvalue weighted by Gasteiger charge is -2.39. The fourth-order valence-corrected chi connectivity index (χ4v) is 4.57. The van der Waals surface area contributed by atoms with Crippen LogP contribution in [0.5, 0.6) is 5.75 Å². The summed E-state index contributed by atoms with van der Waals surface area (Å²) in [7, 11) is -3.05. The molecule has 1 heterocycles. The van der Waals surface area contributed by atoms with Crippen molar-refractivity contribution in [3.8, 4) is 5.75 Å². The lowest BCUT2D eigenvalue weighted by atomic mass is 10.1. The molecule has 1 fully saturated rings. The Balaban J connectivity index is 0.00000392. The van der Waals surface area contributed by atoms with Gasteiger partial charge in [0.05, 0.1) is 17.1 Å². The van der Waals surface area contributed by atoms with E-state index in [2.05, 4.69) is 41.2 Å². The molecule has 1 aliphatic rings.